The Hall–Kier alpha value is -1.31. The van der Waals surface area contributed by atoms with E-state index in [9.17, 15) is 0 Å². The molecule has 0 bridgehead atoms. The van der Waals surface area contributed by atoms with Crippen LogP contribution in [0.25, 0.3) is 0 Å². The van der Waals surface area contributed by atoms with E-state index in [-0.39, 0.29) is 0 Å². The Balaban J connectivity index is 1.51. The Bertz CT molecular complexity index is 626. The van der Waals surface area contributed by atoms with Crippen molar-refractivity contribution in [1.82, 2.24) is 24.9 Å². The van der Waals surface area contributed by atoms with Gasteiger partial charge in [-0.3, -0.25) is 9.80 Å². The fourth-order valence-electron chi connectivity index (χ4n) is 3.16. The van der Waals surface area contributed by atoms with E-state index in [0.29, 0.717) is 11.9 Å². The van der Waals surface area contributed by atoms with Crippen LogP contribution in [0.15, 0.2) is 9.90 Å². The first kappa shape index (κ1) is 16.5. The minimum atomic E-state index is 0.580. The molecule has 2 aromatic rings. The van der Waals surface area contributed by atoms with Crippen molar-refractivity contribution in [3.8, 4) is 0 Å². The van der Waals surface area contributed by atoms with Crippen LogP contribution in [0.2, 0.25) is 0 Å². The molecule has 0 radical (unpaired) electrons. The molecule has 1 aliphatic heterocycles. The second-order valence-electron chi connectivity index (χ2n) is 6.39. The first-order valence-corrected chi connectivity index (χ1v) is 9.11. The molecule has 3 heterocycles. The van der Waals surface area contributed by atoms with Gasteiger partial charge in [0.15, 0.2) is 5.82 Å². The highest BCUT2D eigenvalue weighted by Gasteiger charge is 2.22. The number of hydrogen-bond acceptors (Lipinski definition) is 7. The highest BCUT2D eigenvalue weighted by atomic mass is 32.1. The number of hydrogen-bond donors (Lipinski definition) is 0. The van der Waals surface area contributed by atoms with Crippen molar-refractivity contribution in [2.75, 3.05) is 20.1 Å². The van der Waals surface area contributed by atoms with Gasteiger partial charge in [0, 0.05) is 30.6 Å². The molecule has 0 amide bonds. The predicted molar refractivity (Wildman–Crippen MR) is 90.3 cm³/mol. The molecule has 0 saturated carbocycles. The number of thiazole rings is 1. The van der Waals surface area contributed by atoms with Gasteiger partial charge in [-0.25, -0.2) is 4.98 Å². The third-order valence-corrected chi connectivity index (χ3v) is 5.35. The third-order valence-electron chi connectivity index (χ3n) is 4.40. The van der Waals surface area contributed by atoms with Crippen molar-refractivity contribution in [2.24, 2.45) is 0 Å². The molecule has 0 aromatic carbocycles. The Labute approximate surface area is 141 Å². The molecule has 1 atom stereocenters. The van der Waals surface area contributed by atoms with Gasteiger partial charge in [-0.2, -0.15) is 4.98 Å². The zero-order valence-corrected chi connectivity index (χ0v) is 15.0. The van der Waals surface area contributed by atoms with Crippen molar-refractivity contribution < 1.29 is 4.52 Å². The Morgan fingerprint density at radius 1 is 1.30 bits per heavy atom. The van der Waals surface area contributed by atoms with Gasteiger partial charge in [-0.1, -0.05) is 5.16 Å². The summed E-state index contributed by atoms with van der Waals surface area (Å²) in [4.78, 5) is 13.8. The summed E-state index contributed by atoms with van der Waals surface area (Å²) in [5.41, 5.74) is 1.13. The molecule has 2 aromatic heterocycles. The van der Waals surface area contributed by atoms with Gasteiger partial charge in [0.1, 0.15) is 5.01 Å². The number of aromatic nitrogens is 3. The average Bonchev–Trinajstić information content (AvgIpc) is 3.02. The lowest BCUT2D eigenvalue weighted by Crippen LogP contribution is -2.33. The molecule has 6 nitrogen and oxygen atoms in total. The van der Waals surface area contributed by atoms with Crippen LogP contribution in [0.4, 0.5) is 0 Å². The van der Waals surface area contributed by atoms with E-state index in [4.69, 9.17) is 4.52 Å². The van der Waals surface area contributed by atoms with E-state index in [1.807, 2.05) is 6.92 Å². The maximum Gasteiger partial charge on any atom is 0.223 e. The second-order valence-corrected chi connectivity index (χ2v) is 7.33. The van der Waals surface area contributed by atoms with Crippen LogP contribution in [-0.2, 0) is 13.1 Å². The summed E-state index contributed by atoms with van der Waals surface area (Å²) < 4.78 is 5.06. The van der Waals surface area contributed by atoms with Crippen LogP contribution in [0.1, 0.15) is 41.7 Å². The molecular formula is C16H25N5OS. The molecule has 1 fully saturated rings. The van der Waals surface area contributed by atoms with Crippen LogP contribution >= 0.6 is 11.3 Å². The third kappa shape index (κ3) is 4.59. The van der Waals surface area contributed by atoms with Gasteiger partial charge >= 0.3 is 0 Å². The lowest BCUT2D eigenvalue weighted by molar-refractivity contribution is 0.200. The lowest BCUT2D eigenvalue weighted by Gasteiger charge is -2.26. The minimum Gasteiger partial charge on any atom is -0.340 e. The maximum absolute atomic E-state index is 5.06. The Morgan fingerprint density at radius 2 is 2.17 bits per heavy atom. The lowest BCUT2D eigenvalue weighted by atomic mass is 10.1. The van der Waals surface area contributed by atoms with E-state index in [1.54, 1.807) is 11.3 Å². The molecule has 1 saturated heterocycles. The zero-order valence-electron chi connectivity index (χ0n) is 14.2. The number of rotatable bonds is 5. The van der Waals surface area contributed by atoms with Crippen molar-refractivity contribution in [2.45, 2.75) is 52.2 Å². The minimum absolute atomic E-state index is 0.580. The van der Waals surface area contributed by atoms with Gasteiger partial charge in [0.25, 0.3) is 0 Å². The maximum atomic E-state index is 5.06. The molecular weight excluding hydrogens is 310 g/mol. The molecule has 126 valence electrons. The standard InChI is InChI=1S/C16H25N5OS/c1-12-11-23-16(17-12)10-21-7-4-5-14(6-8-21)20(3)9-15-18-13(2)22-19-15/h11,14H,4-10H2,1-3H3. The molecule has 23 heavy (non-hydrogen) atoms. The summed E-state index contributed by atoms with van der Waals surface area (Å²) in [6.45, 7) is 7.92. The molecule has 3 rings (SSSR count). The molecule has 1 unspecified atom stereocenters. The largest absolute Gasteiger partial charge is 0.340 e. The Morgan fingerprint density at radius 3 is 2.87 bits per heavy atom. The summed E-state index contributed by atoms with van der Waals surface area (Å²) in [7, 11) is 2.16. The first-order chi connectivity index (χ1) is 11.1. The van der Waals surface area contributed by atoms with Crippen LogP contribution in [0.5, 0.6) is 0 Å². The SMILES string of the molecule is Cc1csc(CN2CCCC(N(C)Cc3noc(C)n3)CC2)n1. The van der Waals surface area contributed by atoms with Crippen LogP contribution in [0.3, 0.4) is 0 Å². The van der Waals surface area contributed by atoms with Gasteiger partial charge < -0.3 is 4.52 Å². The topological polar surface area (TPSA) is 58.3 Å². The molecule has 1 aliphatic rings. The van der Waals surface area contributed by atoms with Crippen LogP contribution in [0, 0.1) is 13.8 Å². The van der Waals surface area contributed by atoms with Crippen molar-refractivity contribution in [3.63, 3.8) is 0 Å². The Kier molecular flexibility index (Phi) is 5.40. The second kappa shape index (κ2) is 7.51. The van der Waals surface area contributed by atoms with Crippen molar-refractivity contribution in [1.29, 1.82) is 0 Å². The smallest absolute Gasteiger partial charge is 0.223 e. The quantitative estimate of drug-likeness (QED) is 0.837. The van der Waals surface area contributed by atoms with Gasteiger partial charge in [0.2, 0.25) is 5.89 Å². The summed E-state index contributed by atoms with van der Waals surface area (Å²) in [5, 5.41) is 7.37. The van der Waals surface area contributed by atoms with E-state index < -0.39 is 0 Å². The summed E-state index contributed by atoms with van der Waals surface area (Å²) in [5.74, 6) is 1.42. The van der Waals surface area contributed by atoms with E-state index >= 15 is 0 Å². The predicted octanol–water partition coefficient (Wildman–Crippen LogP) is 2.63. The number of nitrogens with zero attached hydrogens (tertiary/aromatic N) is 5. The van der Waals surface area contributed by atoms with E-state index in [1.165, 1.54) is 24.3 Å². The van der Waals surface area contributed by atoms with E-state index in [2.05, 4.69) is 44.3 Å². The highest BCUT2D eigenvalue weighted by molar-refractivity contribution is 7.09. The van der Waals surface area contributed by atoms with Crippen molar-refractivity contribution >= 4 is 11.3 Å². The molecule has 7 heteroatoms. The monoisotopic (exact) mass is 335 g/mol. The number of likely N-dealkylation sites (tertiary alicyclic amines) is 1. The molecule has 0 aliphatic carbocycles. The van der Waals surface area contributed by atoms with Gasteiger partial charge in [0.05, 0.1) is 13.1 Å². The van der Waals surface area contributed by atoms with Crippen molar-refractivity contribution in [3.05, 3.63) is 27.8 Å². The summed E-state index contributed by atoms with van der Waals surface area (Å²) >= 11 is 1.77. The van der Waals surface area contributed by atoms with Crippen LogP contribution in [-0.4, -0.2) is 51.1 Å². The summed E-state index contributed by atoms with van der Waals surface area (Å²) in [6, 6.07) is 0.580. The van der Waals surface area contributed by atoms with Gasteiger partial charge in [-0.05, 0) is 39.8 Å². The summed E-state index contributed by atoms with van der Waals surface area (Å²) in [6.07, 6.45) is 3.63. The van der Waals surface area contributed by atoms with Gasteiger partial charge in [-0.15, -0.1) is 11.3 Å². The fourth-order valence-corrected chi connectivity index (χ4v) is 3.97. The molecule has 0 N–H and O–H groups in total. The van der Waals surface area contributed by atoms with Crippen LogP contribution < -0.4 is 0 Å². The fraction of sp³-hybridized carbons (Fsp3) is 0.688. The zero-order chi connectivity index (χ0) is 16.2. The average molecular weight is 335 g/mol. The first-order valence-electron chi connectivity index (χ1n) is 8.23. The highest BCUT2D eigenvalue weighted by Crippen LogP contribution is 2.20. The normalized spacial score (nSPS) is 20.1. The number of aryl methyl sites for hydroxylation is 2. The van der Waals surface area contributed by atoms with E-state index in [0.717, 1.165) is 37.7 Å². The molecule has 0 spiro atoms.